The van der Waals surface area contributed by atoms with E-state index < -0.39 is 16.6 Å². The molecule has 6 heteroatoms. The molecule has 0 amide bonds. The molecule has 0 heterocycles. The van der Waals surface area contributed by atoms with E-state index in [9.17, 15) is 0 Å². The molecule has 3 rings (SSSR count). The molecule has 0 aliphatic rings. The van der Waals surface area contributed by atoms with E-state index in [1.165, 1.54) is 25.8 Å². The molecule has 220 valence electrons. The zero-order valence-corrected chi connectivity index (χ0v) is 32.1. The van der Waals surface area contributed by atoms with Gasteiger partial charge in [0.25, 0.3) is 0 Å². The van der Waals surface area contributed by atoms with Gasteiger partial charge in [-0.15, -0.1) is 0 Å². The first-order valence-corrected chi connectivity index (χ1v) is 22.0. The molecule has 0 aromatic heterocycles. The van der Waals surface area contributed by atoms with Crippen molar-refractivity contribution in [3.05, 3.63) is 92.0 Å². The molecule has 0 aliphatic heterocycles. The molecule has 0 saturated heterocycles. The minimum Gasteiger partial charge on any atom is -0.416 e. The Labute approximate surface area is 269 Å². The third-order valence-corrected chi connectivity index (χ3v) is 18.7. The number of rotatable bonds is 9. The van der Waals surface area contributed by atoms with Crippen LogP contribution in [0.1, 0.15) is 52.7 Å². The Morgan fingerprint density at radius 1 is 0.575 bits per heavy atom. The second-order valence-electron chi connectivity index (χ2n) is 13.5. The summed E-state index contributed by atoms with van der Waals surface area (Å²) in [7, 11) is -3.20. The van der Waals surface area contributed by atoms with Gasteiger partial charge in [-0.25, -0.2) is 0 Å². The van der Waals surface area contributed by atoms with Gasteiger partial charge in [0, 0.05) is 21.3 Å². The predicted octanol–water partition coefficient (Wildman–Crippen LogP) is 11.5. The van der Waals surface area contributed by atoms with Gasteiger partial charge in [-0.3, -0.25) is 0 Å². The fourth-order valence-electron chi connectivity index (χ4n) is 3.44. The molecule has 0 radical (unpaired) electrons. The van der Waals surface area contributed by atoms with Crippen LogP contribution in [0.15, 0.2) is 77.3 Å². The van der Waals surface area contributed by atoms with Crippen LogP contribution in [0.2, 0.25) is 36.3 Å². The van der Waals surface area contributed by atoms with Gasteiger partial charge in [0.15, 0.2) is 16.6 Å². The fraction of sp³-hybridized carbons (Fsp3) is 0.471. The average molecular weight is 754 g/mol. The fourth-order valence-corrected chi connectivity index (χ4v) is 6.15. The van der Waals surface area contributed by atoms with E-state index in [4.69, 9.17) is 8.85 Å². The summed E-state index contributed by atoms with van der Waals surface area (Å²) < 4.78 is 14.8. The lowest BCUT2D eigenvalue weighted by atomic mass is 10.0. The quantitative estimate of drug-likeness (QED) is 0.160. The highest BCUT2D eigenvalue weighted by molar-refractivity contribution is 14.1. The summed E-state index contributed by atoms with van der Waals surface area (Å²) in [6.45, 7) is 24.6. The van der Waals surface area contributed by atoms with Gasteiger partial charge in [0.05, 0.1) is 0 Å². The molecule has 0 bridgehead atoms. The van der Waals surface area contributed by atoms with Gasteiger partial charge in [-0.1, -0.05) is 106 Å². The minimum absolute atomic E-state index is 0.276. The maximum Gasteiger partial charge on any atom is 0.191 e. The topological polar surface area (TPSA) is 18.5 Å². The number of benzene rings is 3. The first kappa shape index (κ1) is 35.4. The zero-order valence-electron chi connectivity index (χ0n) is 26.3. The van der Waals surface area contributed by atoms with Gasteiger partial charge in [-0.2, -0.15) is 0 Å². The smallest absolute Gasteiger partial charge is 0.191 e. The van der Waals surface area contributed by atoms with E-state index in [0.29, 0.717) is 5.04 Å². The standard InChI is InChI=1S/C20H27BrOSi.C14H23IOSi/c1-20(2,3)23(4,5)22-15-14-16-6-8-17(9-7-16)18-10-12-19(21)13-11-18;1-14(2,3)17(4,5)16-11-10-12-6-8-13(15)9-7-12/h6-13H,14-15H2,1-5H3;6-9H,10-11H2,1-5H3. The molecule has 0 saturated carbocycles. The van der Waals surface area contributed by atoms with E-state index in [-0.39, 0.29) is 5.04 Å². The van der Waals surface area contributed by atoms with E-state index in [1.807, 2.05) is 0 Å². The average Bonchev–Trinajstić information content (AvgIpc) is 2.85. The summed E-state index contributed by atoms with van der Waals surface area (Å²) in [6.07, 6.45) is 2.00. The van der Waals surface area contributed by atoms with E-state index in [0.717, 1.165) is 30.5 Å². The van der Waals surface area contributed by atoms with Crippen molar-refractivity contribution in [2.24, 2.45) is 0 Å². The van der Waals surface area contributed by atoms with Gasteiger partial charge < -0.3 is 8.85 Å². The van der Waals surface area contributed by atoms with Crippen molar-refractivity contribution in [1.82, 2.24) is 0 Å². The highest BCUT2D eigenvalue weighted by atomic mass is 127. The summed E-state index contributed by atoms with van der Waals surface area (Å²) in [5.41, 5.74) is 5.21. The SMILES string of the molecule is CC(C)(C)[Si](C)(C)OCCc1ccc(-c2ccc(Br)cc2)cc1.CC(C)(C)[Si](C)(C)OCCc1ccc(I)cc1. The minimum atomic E-state index is -1.63. The van der Waals surface area contributed by atoms with Crippen molar-refractivity contribution >= 4 is 55.2 Å². The molecule has 0 aliphatic carbocycles. The van der Waals surface area contributed by atoms with Crippen molar-refractivity contribution < 1.29 is 8.85 Å². The normalized spacial score (nSPS) is 12.6. The molecular weight excluding hydrogens is 703 g/mol. The Bertz CT molecular complexity index is 1160. The van der Waals surface area contributed by atoms with Crippen molar-refractivity contribution in [1.29, 1.82) is 0 Å². The monoisotopic (exact) mass is 752 g/mol. The van der Waals surface area contributed by atoms with Gasteiger partial charge in [-0.05, 0) is 118 Å². The van der Waals surface area contributed by atoms with E-state index in [2.05, 4.69) is 179 Å². The molecule has 0 unspecified atom stereocenters. The van der Waals surface area contributed by atoms with Crippen molar-refractivity contribution in [3.8, 4) is 11.1 Å². The van der Waals surface area contributed by atoms with E-state index >= 15 is 0 Å². The molecular formula is C34H50BrIO2Si2. The highest BCUT2D eigenvalue weighted by Crippen LogP contribution is 2.37. The lowest BCUT2D eigenvalue weighted by molar-refractivity contribution is 0.292. The van der Waals surface area contributed by atoms with Gasteiger partial charge in [0.2, 0.25) is 0 Å². The summed E-state index contributed by atoms with van der Waals surface area (Å²) in [5.74, 6) is 0. The van der Waals surface area contributed by atoms with Crippen molar-refractivity contribution in [2.45, 2.75) is 90.6 Å². The summed E-state index contributed by atoms with van der Waals surface area (Å²) in [6, 6.07) is 26.0. The van der Waals surface area contributed by atoms with Crippen LogP contribution in [0.5, 0.6) is 0 Å². The molecule has 0 fully saturated rings. The maximum atomic E-state index is 6.26. The number of halogens is 2. The molecule has 0 spiro atoms. The molecule has 3 aromatic rings. The Hall–Kier alpha value is -0.776. The third kappa shape index (κ3) is 11.5. The maximum absolute atomic E-state index is 6.26. The van der Waals surface area contributed by atoms with Crippen LogP contribution in [0, 0.1) is 3.57 Å². The van der Waals surface area contributed by atoms with Crippen LogP contribution in [0.25, 0.3) is 11.1 Å². The highest BCUT2D eigenvalue weighted by Gasteiger charge is 2.37. The number of hydrogen-bond acceptors (Lipinski definition) is 2. The largest absolute Gasteiger partial charge is 0.416 e. The summed E-state index contributed by atoms with van der Waals surface area (Å²) in [4.78, 5) is 0. The Balaban J connectivity index is 0.000000294. The summed E-state index contributed by atoms with van der Waals surface area (Å²) in [5, 5.41) is 0.581. The molecule has 40 heavy (non-hydrogen) atoms. The first-order chi connectivity index (χ1) is 18.4. The third-order valence-electron chi connectivity index (χ3n) is 8.36. The lowest BCUT2D eigenvalue weighted by Gasteiger charge is -2.36. The molecule has 3 aromatic carbocycles. The first-order valence-electron chi connectivity index (χ1n) is 14.3. The van der Waals surface area contributed by atoms with Crippen LogP contribution in [0.3, 0.4) is 0 Å². The van der Waals surface area contributed by atoms with E-state index in [1.54, 1.807) is 0 Å². The Kier molecular flexibility index (Phi) is 13.4. The summed E-state index contributed by atoms with van der Waals surface area (Å²) >= 11 is 5.81. The van der Waals surface area contributed by atoms with Crippen LogP contribution in [0.4, 0.5) is 0 Å². The zero-order chi connectivity index (χ0) is 30.2. The van der Waals surface area contributed by atoms with Gasteiger partial charge in [0.1, 0.15) is 0 Å². The van der Waals surface area contributed by atoms with Crippen molar-refractivity contribution in [3.63, 3.8) is 0 Å². The molecule has 0 atom stereocenters. The molecule has 2 nitrogen and oxygen atoms in total. The Morgan fingerprint density at radius 3 is 1.25 bits per heavy atom. The van der Waals surface area contributed by atoms with Gasteiger partial charge >= 0.3 is 0 Å². The predicted molar refractivity (Wildman–Crippen MR) is 192 cm³/mol. The lowest BCUT2D eigenvalue weighted by Crippen LogP contribution is -2.41. The Morgan fingerprint density at radius 2 is 0.900 bits per heavy atom. The van der Waals surface area contributed by atoms with Crippen molar-refractivity contribution in [2.75, 3.05) is 13.2 Å². The van der Waals surface area contributed by atoms with Crippen LogP contribution >= 0.6 is 38.5 Å². The molecule has 0 N–H and O–H groups in total. The second kappa shape index (κ2) is 15.1. The second-order valence-corrected chi connectivity index (χ2v) is 25.3. The van der Waals surface area contributed by atoms with Crippen LogP contribution in [-0.2, 0) is 21.7 Å². The number of hydrogen-bond donors (Lipinski definition) is 0. The van der Waals surface area contributed by atoms with Crippen LogP contribution < -0.4 is 0 Å². The van der Waals surface area contributed by atoms with Crippen LogP contribution in [-0.4, -0.2) is 29.8 Å².